The fourth-order valence-corrected chi connectivity index (χ4v) is 0.961. The van der Waals surface area contributed by atoms with Gasteiger partial charge < -0.3 is 0 Å². The van der Waals surface area contributed by atoms with Gasteiger partial charge in [0, 0.05) is 0 Å². The van der Waals surface area contributed by atoms with Gasteiger partial charge in [-0.3, -0.25) is 0 Å². The van der Waals surface area contributed by atoms with E-state index in [-0.39, 0.29) is 0 Å². The molecule has 0 fully saturated rings. The van der Waals surface area contributed by atoms with Gasteiger partial charge in [0.15, 0.2) is 0 Å². The van der Waals surface area contributed by atoms with E-state index in [1.807, 2.05) is 0 Å². The molecule has 0 atom stereocenters. The Morgan fingerprint density at radius 1 is 1.22 bits per heavy atom. The third kappa shape index (κ3) is 1.88. The Kier molecular flexibility index (Phi) is 1.99. The van der Waals surface area contributed by atoms with Crippen LogP contribution in [0.2, 0.25) is 10.3 Å². The number of halogens is 2. The molecule has 0 saturated carbocycles. The van der Waals surface area contributed by atoms with E-state index in [2.05, 4.69) is 4.98 Å². The summed E-state index contributed by atoms with van der Waals surface area (Å²) in [6.07, 6.45) is 0. The second-order valence-corrected chi connectivity index (χ2v) is 2.32. The summed E-state index contributed by atoms with van der Waals surface area (Å²) in [4.78, 5) is 3.69. The Balaban J connectivity index is 3.17. The third-order valence-corrected chi connectivity index (χ3v) is 1.17. The third-order valence-electron chi connectivity index (χ3n) is 0.785. The molecule has 2 radical (unpaired) electrons. The van der Waals surface area contributed by atoms with Crippen LogP contribution < -0.4 is 5.46 Å². The Morgan fingerprint density at radius 3 is 2.00 bits per heavy atom. The smallest absolute Gasteiger partial charge is 0.130 e. The Morgan fingerprint density at radius 2 is 1.67 bits per heavy atom. The van der Waals surface area contributed by atoms with E-state index < -0.39 is 0 Å². The maximum absolute atomic E-state index is 5.47. The average molecular weight is 158 g/mol. The molecule has 0 aliphatic rings. The van der Waals surface area contributed by atoms with Gasteiger partial charge in [-0.2, -0.15) is 0 Å². The first-order valence-electron chi connectivity index (χ1n) is 2.27. The van der Waals surface area contributed by atoms with Crippen LogP contribution >= 0.6 is 23.2 Å². The van der Waals surface area contributed by atoms with Crippen LogP contribution in [-0.2, 0) is 0 Å². The zero-order valence-electron chi connectivity index (χ0n) is 4.44. The van der Waals surface area contributed by atoms with Crippen LogP contribution in [0.5, 0.6) is 0 Å². The molecule has 0 saturated heterocycles. The minimum Gasteiger partial charge on any atom is -0.224 e. The average Bonchev–Trinajstić information content (AvgIpc) is 1.59. The molecule has 44 valence electrons. The fraction of sp³-hybridized carbons (Fsp3) is 0. The minimum absolute atomic E-state index is 0.319. The van der Waals surface area contributed by atoms with Crippen molar-refractivity contribution < 1.29 is 0 Å². The second kappa shape index (κ2) is 2.59. The number of hydrogen-bond acceptors (Lipinski definition) is 1. The summed E-state index contributed by atoms with van der Waals surface area (Å²) in [6, 6.07) is 3.07. The number of nitrogens with zero attached hydrogens (tertiary/aromatic N) is 1. The predicted molar refractivity (Wildman–Crippen MR) is 39.6 cm³/mol. The molecule has 0 spiro atoms. The van der Waals surface area contributed by atoms with Crippen LogP contribution in [0.3, 0.4) is 0 Å². The highest BCUT2D eigenvalue weighted by atomic mass is 35.5. The monoisotopic (exact) mass is 157 g/mol. The zero-order valence-corrected chi connectivity index (χ0v) is 5.95. The van der Waals surface area contributed by atoms with Gasteiger partial charge in [0.05, 0.1) is 0 Å². The normalized spacial score (nSPS) is 9.56. The topological polar surface area (TPSA) is 12.9 Å². The lowest BCUT2D eigenvalue weighted by atomic mass is 9.98. The van der Waals surface area contributed by atoms with E-state index >= 15 is 0 Å². The summed E-state index contributed by atoms with van der Waals surface area (Å²) in [7, 11) is 5.35. The molecule has 0 N–H and O–H groups in total. The molecule has 0 bridgehead atoms. The molecular weight excluding hydrogens is 156 g/mol. The highest BCUT2D eigenvalue weighted by Gasteiger charge is 1.92. The number of hydrogen-bond donors (Lipinski definition) is 0. The highest BCUT2D eigenvalue weighted by molar-refractivity contribution is 6.38. The van der Waals surface area contributed by atoms with Gasteiger partial charge in [0.1, 0.15) is 18.2 Å². The summed E-state index contributed by atoms with van der Waals surface area (Å²) in [6.45, 7) is 0. The Labute approximate surface area is 64.4 Å². The molecule has 1 rings (SSSR count). The van der Waals surface area contributed by atoms with Crippen molar-refractivity contribution in [1.82, 2.24) is 4.98 Å². The SMILES string of the molecule is [B]c1cc(Cl)nc(Cl)c1. The van der Waals surface area contributed by atoms with Gasteiger partial charge >= 0.3 is 0 Å². The molecule has 1 aromatic heterocycles. The fourth-order valence-electron chi connectivity index (χ4n) is 0.483. The number of pyridine rings is 1. The second-order valence-electron chi connectivity index (χ2n) is 1.55. The summed E-state index contributed by atoms with van der Waals surface area (Å²) in [5, 5.41) is 0.639. The van der Waals surface area contributed by atoms with E-state index in [9.17, 15) is 0 Å². The highest BCUT2D eigenvalue weighted by Crippen LogP contribution is 2.06. The lowest BCUT2D eigenvalue weighted by Crippen LogP contribution is -2.01. The van der Waals surface area contributed by atoms with E-state index in [0.717, 1.165) is 0 Å². The van der Waals surface area contributed by atoms with Gasteiger partial charge in [-0.25, -0.2) is 4.98 Å². The summed E-state index contributed by atoms with van der Waals surface area (Å²) >= 11 is 10.9. The van der Waals surface area contributed by atoms with Gasteiger partial charge in [-0.15, -0.1) is 0 Å². The van der Waals surface area contributed by atoms with Crippen LogP contribution in [0.4, 0.5) is 0 Å². The van der Waals surface area contributed by atoms with Gasteiger partial charge in [-0.1, -0.05) is 28.7 Å². The summed E-state index contributed by atoms with van der Waals surface area (Å²) < 4.78 is 0. The maximum Gasteiger partial charge on any atom is 0.130 e. The zero-order chi connectivity index (χ0) is 6.85. The van der Waals surface area contributed by atoms with Crippen LogP contribution in [-0.4, -0.2) is 12.8 Å². The molecule has 0 unspecified atom stereocenters. The lowest BCUT2D eigenvalue weighted by molar-refractivity contribution is 1.34. The summed E-state index contributed by atoms with van der Waals surface area (Å²) in [5.74, 6) is 0. The molecule has 1 aromatic rings. The van der Waals surface area contributed by atoms with E-state index in [1.165, 1.54) is 12.1 Å². The van der Waals surface area contributed by atoms with E-state index in [1.54, 1.807) is 0 Å². The first-order valence-corrected chi connectivity index (χ1v) is 3.02. The molecule has 9 heavy (non-hydrogen) atoms. The molecule has 1 nitrogen and oxygen atoms in total. The van der Waals surface area contributed by atoms with Crippen LogP contribution in [0.1, 0.15) is 0 Å². The van der Waals surface area contributed by atoms with Gasteiger partial charge in [0.25, 0.3) is 0 Å². The number of rotatable bonds is 0. The van der Waals surface area contributed by atoms with Crippen molar-refractivity contribution in [2.45, 2.75) is 0 Å². The maximum atomic E-state index is 5.47. The summed E-state index contributed by atoms with van der Waals surface area (Å²) in [5.41, 5.74) is 0.528. The molecule has 0 aliphatic heterocycles. The lowest BCUT2D eigenvalue weighted by Gasteiger charge is -1.93. The van der Waals surface area contributed by atoms with E-state index in [4.69, 9.17) is 31.0 Å². The van der Waals surface area contributed by atoms with Crippen molar-refractivity contribution in [3.63, 3.8) is 0 Å². The van der Waals surface area contributed by atoms with Crippen molar-refractivity contribution >= 4 is 36.5 Å². The number of aromatic nitrogens is 1. The largest absolute Gasteiger partial charge is 0.224 e. The Hall–Kier alpha value is -0.205. The molecular formula is C5H2BCl2N. The molecule has 0 aliphatic carbocycles. The Bertz CT molecular complexity index is 176. The molecule has 0 amide bonds. The standard InChI is InChI=1S/C5H2BCl2N/c6-3-1-4(7)9-5(8)2-3/h1-2H. The molecule has 1 heterocycles. The quantitative estimate of drug-likeness (QED) is 0.407. The van der Waals surface area contributed by atoms with Crippen molar-refractivity contribution in [2.75, 3.05) is 0 Å². The van der Waals surface area contributed by atoms with Gasteiger partial charge in [0.2, 0.25) is 0 Å². The van der Waals surface area contributed by atoms with Crippen molar-refractivity contribution in [3.8, 4) is 0 Å². The van der Waals surface area contributed by atoms with Crippen LogP contribution in [0.15, 0.2) is 12.1 Å². The first-order chi connectivity index (χ1) is 4.18. The molecule has 4 heteroatoms. The van der Waals surface area contributed by atoms with Gasteiger partial charge in [-0.05, 0) is 12.1 Å². The van der Waals surface area contributed by atoms with Crippen molar-refractivity contribution in [1.29, 1.82) is 0 Å². The first kappa shape index (κ1) is 6.91. The van der Waals surface area contributed by atoms with Crippen LogP contribution in [0.25, 0.3) is 0 Å². The van der Waals surface area contributed by atoms with E-state index in [0.29, 0.717) is 15.8 Å². The minimum atomic E-state index is 0.319. The van der Waals surface area contributed by atoms with Crippen LogP contribution in [0, 0.1) is 0 Å². The predicted octanol–water partition coefficient (Wildman–Crippen LogP) is 1.18. The molecule has 0 aromatic carbocycles. The van der Waals surface area contributed by atoms with Crippen molar-refractivity contribution in [2.24, 2.45) is 0 Å². The van der Waals surface area contributed by atoms with Crippen molar-refractivity contribution in [3.05, 3.63) is 22.4 Å².